The first kappa shape index (κ1) is 15.7. The molecule has 6 heteroatoms. The van der Waals surface area contributed by atoms with Crippen LogP contribution in [0.4, 0.5) is 0 Å². The summed E-state index contributed by atoms with van der Waals surface area (Å²) in [4.78, 5) is 31.2. The Kier molecular flexibility index (Phi) is 4.43. The maximum atomic E-state index is 12.5. The summed E-state index contributed by atoms with van der Waals surface area (Å²) in [6.45, 7) is 6.72. The maximum Gasteiger partial charge on any atom is 0.261 e. The third kappa shape index (κ3) is 3.12. The van der Waals surface area contributed by atoms with E-state index < -0.39 is 0 Å². The first-order valence-corrected chi connectivity index (χ1v) is 8.03. The van der Waals surface area contributed by atoms with Crippen molar-refractivity contribution < 1.29 is 4.79 Å². The van der Waals surface area contributed by atoms with E-state index in [1.54, 1.807) is 12.4 Å². The van der Waals surface area contributed by atoms with Crippen molar-refractivity contribution in [2.45, 2.75) is 32.9 Å². The molecule has 1 fully saturated rings. The van der Waals surface area contributed by atoms with E-state index in [0.29, 0.717) is 18.4 Å². The van der Waals surface area contributed by atoms with Gasteiger partial charge in [0.1, 0.15) is 0 Å². The number of fused-ring (bicyclic) bond motifs is 1. The first-order valence-electron chi connectivity index (χ1n) is 8.03. The van der Waals surface area contributed by atoms with Crippen molar-refractivity contribution in [3.63, 3.8) is 0 Å². The van der Waals surface area contributed by atoms with Crippen molar-refractivity contribution in [2.75, 3.05) is 19.6 Å². The molecule has 2 aromatic rings. The van der Waals surface area contributed by atoms with Gasteiger partial charge in [0.15, 0.2) is 0 Å². The fraction of sp³-hybridized carbons (Fsp3) is 0.471. The molecular weight excluding hydrogens is 292 g/mol. The Morgan fingerprint density at radius 1 is 1.43 bits per heavy atom. The molecule has 0 unspecified atom stereocenters. The molecule has 23 heavy (non-hydrogen) atoms. The van der Waals surface area contributed by atoms with Crippen LogP contribution in [-0.4, -0.2) is 46.0 Å². The van der Waals surface area contributed by atoms with Crippen molar-refractivity contribution in [2.24, 2.45) is 0 Å². The van der Waals surface area contributed by atoms with Crippen molar-refractivity contribution in [1.29, 1.82) is 0 Å². The van der Waals surface area contributed by atoms with E-state index in [4.69, 9.17) is 0 Å². The van der Waals surface area contributed by atoms with Gasteiger partial charge in [-0.05, 0) is 25.5 Å². The number of hydrogen-bond donors (Lipinski definition) is 1. The molecule has 1 atom stereocenters. The van der Waals surface area contributed by atoms with Gasteiger partial charge in [0.25, 0.3) is 5.56 Å². The lowest BCUT2D eigenvalue weighted by molar-refractivity contribution is -0.134. The molecular formula is C17H22N4O2. The van der Waals surface area contributed by atoms with Gasteiger partial charge >= 0.3 is 0 Å². The lowest BCUT2D eigenvalue weighted by Gasteiger charge is -2.34. The molecule has 0 aliphatic carbocycles. The molecule has 1 N–H and O–H groups in total. The van der Waals surface area contributed by atoms with Gasteiger partial charge in [-0.15, -0.1) is 0 Å². The molecule has 1 aliphatic rings. The number of carbonyl (C=O) groups excluding carboxylic acids is 1. The number of rotatable bonds is 3. The molecule has 6 nitrogen and oxygen atoms in total. The van der Waals surface area contributed by atoms with Gasteiger partial charge in [0.05, 0.1) is 17.2 Å². The number of benzene rings is 1. The minimum Gasteiger partial charge on any atom is -0.337 e. The second-order valence-corrected chi connectivity index (χ2v) is 6.10. The number of aryl methyl sites for hydroxylation is 2. The highest BCUT2D eigenvalue weighted by molar-refractivity contribution is 5.80. The summed E-state index contributed by atoms with van der Waals surface area (Å²) in [6, 6.07) is 5.78. The fourth-order valence-corrected chi connectivity index (χ4v) is 3.07. The molecule has 0 spiro atoms. The average Bonchev–Trinajstić information content (AvgIpc) is 2.55. The van der Waals surface area contributed by atoms with Crippen LogP contribution in [0.15, 0.2) is 29.3 Å². The number of aromatic nitrogens is 2. The number of nitrogens with zero attached hydrogens (tertiary/aromatic N) is 3. The van der Waals surface area contributed by atoms with E-state index in [2.05, 4.69) is 10.3 Å². The molecule has 2 heterocycles. The molecule has 1 aromatic carbocycles. The van der Waals surface area contributed by atoms with Crippen molar-refractivity contribution in [3.8, 4) is 0 Å². The summed E-state index contributed by atoms with van der Waals surface area (Å²) in [5.41, 5.74) is 1.63. The van der Waals surface area contributed by atoms with Crippen LogP contribution in [0.2, 0.25) is 0 Å². The Morgan fingerprint density at radius 3 is 3.04 bits per heavy atom. The van der Waals surface area contributed by atoms with Gasteiger partial charge in [-0.2, -0.15) is 0 Å². The highest BCUT2D eigenvalue weighted by Crippen LogP contribution is 2.11. The first-order chi connectivity index (χ1) is 11.1. The number of hydrogen-bond acceptors (Lipinski definition) is 4. The van der Waals surface area contributed by atoms with Gasteiger partial charge in [0.2, 0.25) is 5.91 Å². The van der Waals surface area contributed by atoms with Crippen LogP contribution in [-0.2, 0) is 11.3 Å². The lowest BCUT2D eigenvalue weighted by atomic mass is 10.1. The Bertz CT molecular complexity index is 784. The molecule has 0 bridgehead atoms. The van der Waals surface area contributed by atoms with Crippen molar-refractivity contribution in [1.82, 2.24) is 19.8 Å². The Labute approximate surface area is 135 Å². The van der Waals surface area contributed by atoms with Crippen LogP contribution in [0.5, 0.6) is 0 Å². The molecule has 0 saturated carbocycles. The molecule has 1 saturated heterocycles. The minimum atomic E-state index is -0.0835. The van der Waals surface area contributed by atoms with Crippen LogP contribution in [0.3, 0.4) is 0 Å². The quantitative estimate of drug-likeness (QED) is 0.915. The normalized spacial score (nSPS) is 18.3. The Hall–Kier alpha value is -2.21. The van der Waals surface area contributed by atoms with Gasteiger partial charge in [0, 0.05) is 38.6 Å². The number of amides is 1. The van der Waals surface area contributed by atoms with Gasteiger partial charge in [-0.3, -0.25) is 14.2 Å². The van der Waals surface area contributed by atoms with E-state index in [-0.39, 0.29) is 17.5 Å². The molecule has 1 aliphatic heterocycles. The van der Waals surface area contributed by atoms with Crippen LogP contribution in [0, 0.1) is 6.92 Å². The summed E-state index contributed by atoms with van der Waals surface area (Å²) in [5, 5.41) is 3.88. The van der Waals surface area contributed by atoms with E-state index in [0.717, 1.165) is 30.7 Å². The number of para-hydroxylation sites is 1. The van der Waals surface area contributed by atoms with Crippen LogP contribution in [0.25, 0.3) is 10.9 Å². The SMILES string of the molecule is Cc1cccc2c(=O)n(CCC(=O)N3CCNC[C@H]3C)cnc12. The predicted octanol–water partition coefficient (Wildman–Crippen LogP) is 0.915. The predicted molar refractivity (Wildman–Crippen MR) is 89.4 cm³/mol. The smallest absolute Gasteiger partial charge is 0.261 e. The van der Waals surface area contributed by atoms with Gasteiger partial charge in [-0.1, -0.05) is 12.1 Å². The Balaban J connectivity index is 1.76. The fourth-order valence-electron chi connectivity index (χ4n) is 3.07. The number of piperazine rings is 1. The van der Waals surface area contributed by atoms with Gasteiger partial charge < -0.3 is 10.2 Å². The Morgan fingerprint density at radius 2 is 2.26 bits per heavy atom. The van der Waals surface area contributed by atoms with Crippen LogP contribution < -0.4 is 10.9 Å². The van der Waals surface area contributed by atoms with Crippen LogP contribution >= 0.6 is 0 Å². The minimum absolute atomic E-state index is 0.0835. The summed E-state index contributed by atoms with van der Waals surface area (Å²) in [7, 11) is 0. The molecule has 122 valence electrons. The second kappa shape index (κ2) is 6.50. The largest absolute Gasteiger partial charge is 0.337 e. The van der Waals surface area contributed by atoms with Gasteiger partial charge in [-0.25, -0.2) is 4.98 Å². The number of nitrogens with one attached hydrogen (secondary N) is 1. The molecule has 1 amide bonds. The third-order valence-electron chi connectivity index (χ3n) is 4.44. The molecule has 3 rings (SSSR count). The topological polar surface area (TPSA) is 67.2 Å². The zero-order chi connectivity index (χ0) is 16.4. The summed E-state index contributed by atoms with van der Waals surface area (Å²) in [6.07, 6.45) is 1.87. The van der Waals surface area contributed by atoms with E-state index >= 15 is 0 Å². The summed E-state index contributed by atoms with van der Waals surface area (Å²) >= 11 is 0. The second-order valence-electron chi connectivity index (χ2n) is 6.10. The van der Waals surface area contributed by atoms with Crippen molar-refractivity contribution >= 4 is 16.8 Å². The highest BCUT2D eigenvalue weighted by Gasteiger charge is 2.22. The van der Waals surface area contributed by atoms with Crippen molar-refractivity contribution in [3.05, 3.63) is 40.4 Å². The zero-order valence-corrected chi connectivity index (χ0v) is 13.6. The van der Waals surface area contributed by atoms with E-state index in [9.17, 15) is 9.59 Å². The van der Waals surface area contributed by atoms with Crippen LogP contribution in [0.1, 0.15) is 18.9 Å². The zero-order valence-electron chi connectivity index (χ0n) is 13.6. The monoisotopic (exact) mass is 314 g/mol. The molecule has 0 radical (unpaired) electrons. The number of carbonyl (C=O) groups is 1. The van der Waals surface area contributed by atoms with E-state index in [1.165, 1.54) is 4.57 Å². The van der Waals surface area contributed by atoms with E-state index in [1.807, 2.05) is 30.9 Å². The summed E-state index contributed by atoms with van der Waals surface area (Å²) < 4.78 is 1.53. The average molecular weight is 314 g/mol. The third-order valence-corrected chi connectivity index (χ3v) is 4.44. The highest BCUT2D eigenvalue weighted by atomic mass is 16.2. The maximum absolute atomic E-state index is 12.5. The summed E-state index contributed by atoms with van der Waals surface area (Å²) in [5.74, 6) is 0.0928. The standard InChI is InChI=1S/C17H22N4O2/c1-12-4-3-5-14-16(12)19-11-20(17(14)23)8-6-15(22)21-9-7-18-10-13(21)2/h3-5,11,13,18H,6-10H2,1-2H3/t13-/m1/s1. The lowest BCUT2D eigenvalue weighted by Crippen LogP contribution is -2.52. The molecule has 1 aromatic heterocycles.